The summed E-state index contributed by atoms with van der Waals surface area (Å²) in [5.74, 6) is -0.0869. The molecule has 3 heteroatoms. The summed E-state index contributed by atoms with van der Waals surface area (Å²) >= 11 is 0. The minimum absolute atomic E-state index is 0.0869. The first-order valence-electron chi connectivity index (χ1n) is 3.62. The molecule has 0 aromatic carbocycles. The summed E-state index contributed by atoms with van der Waals surface area (Å²) in [6.45, 7) is 3.95. The molecular formula is C9H11NO2. The van der Waals surface area contributed by atoms with Gasteiger partial charge in [-0.3, -0.25) is 4.79 Å². The number of hydrogen-bond acceptors (Lipinski definition) is 2. The van der Waals surface area contributed by atoms with Crippen LogP contribution >= 0.6 is 0 Å². The molecular weight excluding hydrogens is 154 g/mol. The highest BCUT2D eigenvalue weighted by Gasteiger charge is 2.04. The zero-order chi connectivity index (χ0) is 8.97. The van der Waals surface area contributed by atoms with Gasteiger partial charge in [0, 0.05) is 19.2 Å². The van der Waals surface area contributed by atoms with Crippen molar-refractivity contribution in [2.75, 3.05) is 7.05 Å². The lowest BCUT2D eigenvalue weighted by Gasteiger charge is -2.12. The maximum Gasteiger partial charge on any atom is 0.245 e. The van der Waals surface area contributed by atoms with Gasteiger partial charge in [-0.25, -0.2) is 0 Å². The average molecular weight is 165 g/mol. The molecule has 0 fully saturated rings. The maximum atomic E-state index is 11.0. The predicted molar refractivity (Wildman–Crippen MR) is 45.4 cm³/mol. The van der Waals surface area contributed by atoms with Gasteiger partial charge in [0.1, 0.15) is 0 Å². The SMILES string of the molecule is C=CC(=O)N(C)Cc1ccoc1. The Morgan fingerprint density at radius 3 is 3.08 bits per heavy atom. The third kappa shape index (κ3) is 1.99. The van der Waals surface area contributed by atoms with Crippen molar-refractivity contribution in [1.82, 2.24) is 4.90 Å². The largest absolute Gasteiger partial charge is 0.472 e. The van der Waals surface area contributed by atoms with E-state index >= 15 is 0 Å². The molecule has 0 spiro atoms. The standard InChI is InChI=1S/C9H11NO2/c1-3-9(11)10(2)6-8-4-5-12-7-8/h3-5,7H,1,6H2,2H3. The second-order valence-corrected chi connectivity index (χ2v) is 2.53. The van der Waals surface area contributed by atoms with E-state index in [4.69, 9.17) is 4.42 Å². The minimum atomic E-state index is -0.0869. The average Bonchev–Trinajstić information content (AvgIpc) is 2.55. The lowest BCUT2D eigenvalue weighted by atomic mass is 10.3. The van der Waals surface area contributed by atoms with Crippen molar-refractivity contribution in [2.45, 2.75) is 6.54 Å². The van der Waals surface area contributed by atoms with E-state index in [9.17, 15) is 4.79 Å². The summed E-state index contributed by atoms with van der Waals surface area (Å²) in [5, 5.41) is 0. The molecule has 0 aliphatic heterocycles. The van der Waals surface area contributed by atoms with Crippen LogP contribution in [-0.4, -0.2) is 17.9 Å². The van der Waals surface area contributed by atoms with Crippen LogP contribution in [0.25, 0.3) is 0 Å². The van der Waals surface area contributed by atoms with Gasteiger partial charge in [0.2, 0.25) is 5.91 Å². The maximum absolute atomic E-state index is 11.0. The Kier molecular flexibility index (Phi) is 2.69. The topological polar surface area (TPSA) is 33.5 Å². The fourth-order valence-corrected chi connectivity index (χ4v) is 0.890. The first-order chi connectivity index (χ1) is 5.74. The van der Waals surface area contributed by atoms with E-state index in [2.05, 4.69) is 6.58 Å². The molecule has 0 unspecified atom stereocenters. The highest BCUT2D eigenvalue weighted by molar-refractivity contribution is 5.86. The van der Waals surface area contributed by atoms with Crippen LogP contribution in [0.15, 0.2) is 35.7 Å². The third-order valence-corrected chi connectivity index (χ3v) is 1.55. The van der Waals surface area contributed by atoms with Gasteiger partial charge in [0.15, 0.2) is 0 Å². The molecule has 0 N–H and O–H groups in total. The molecule has 0 saturated heterocycles. The van der Waals surface area contributed by atoms with Gasteiger partial charge in [-0.2, -0.15) is 0 Å². The molecule has 1 heterocycles. The Morgan fingerprint density at radius 2 is 2.58 bits per heavy atom. The van der Waals surface area contributed by atoms with E-state index in [1.54, 1.807) is 24.5 Å². The Labute approximate surface area is 71.3 Å². The molecule has 1 amide bonds. The molecule has 0 aliphatic carbocycles. The minimum Gasteiger partial charge on any atom is -0.472 e. The van der Waals surface area contributed by atoms with Crippen LogP contribution in [0.2, 0.25) is 0 Å². The van der Waals surface area contributed by atoms with Crippen molar-refractivity contribution in [3.8, 4) is 0 Å². The summed E-state index contributed by atoms with van der Waals surface area (Å²) < 4.78 is 4.86. The lowest BCUT2D eigenvalue weighted by Crippen LogP contribution is -2.23. The molecule has 1 aromatic heterocycles. The van der Waals surface area contributed by atoms with Gasteiger partial charge >= 0.3 is 0 Å². The highest BCUT2D eigenvalue weighted by atomic mass is 16.3. The Hall–Kier alpha value is -1.51. The normalized spacial score (nSPS) is 9.42. The van der Waals surface area contributed by atoms with Crippen molar-refractivity contribution in [3.05, 3.63) is 36.8 Å². The van der Waals surface area contributed by atoms with E-state index in [0.717, 1.165) is 5.56 Å². The number of furan rings is 1. The molecule has 1 aromatic rings. The van der Waals surface area contributed by atoms with Crippen LogP contribution in [0.4, 0.5) is 0 Å². The molecule has 0 aliphatic rings. The van der Waals surface area contributed by atoms with Crippen molar-refractivity contribution >= 4 is 5.91 Å². The number of nitrogens with zero attached hydrogens (tertiary/aromatic N) is 1. The summed E-state index contributed by atoms with van der Waals surface area (Å²) in [6, 6.07) is 1.83. The number of likely N-dealkylation sites (N-methyl/N-ethyl adjacent to an activating group) is 1. The summed E-state index contributed by atoms with van der Waals surface area (Å²) in [7, 11) is 1.72. The molecule has 0 bridgehead atoms. The molecule has 0 atom stereocenters. The van der Waals surface area contributed by atoms with Crippen molar-refractivity contribution < 1.29 is 9.21 Å². The first-order valence-corrected chi connectivity index (χ1v) is 3.62. The first kappa shape index (κ1) is 8.59. The van der Waals surface area contributed by atoms with Crippen LogP contribution < -0.4 is 0 Å². The van der Waals surface area contributed by atoms with Gasteiger partial charge in [-0.15, -0.1) is 0 Å². The molecule has 0 saturated carbocycles. The summed E-state index contributed by atoms with van der Waals surface area (Å²) in [6.07, 6.45) is 4.49. The van der Waals surface area contributed by atoms with Gasteiger partial charge in [-0.1, -0.05) is 6.58 Å². The van der Waals surface area contributed by atoms with Crippen molar-refractivity contribution in [2.24, 2.45) is 0 Å². The zero-order valence-corrected chi connectivity index (χ0v) is 6.99. The second-order valence-electron chi connectivity index (χ2n) is 2.53. The summed E-state index contributed by atoms with van der Waals surface area (Å²) in [4.78, 5) is 12.6. The molecule has 0 radical (unpaired) electrons. The summed E-state index contributed by atoms with van der Waals surface area (Å²) in [5.41, 5.74) is 0.979. The van der Waals surface area contributed by atoms with Crippen LogP contribution in [0.5, 0.6) is 0 Å². The van der Waals surface area contributed by atoms with E-state index < -0.39 is 0 Å². The van der Waals surface area contributed by atoms with Crippen LogP contribution in [-0.2, 0) is 11.3 Å². The predicted octanol–water partition coefficient (Wildman–Crippen LogP) is 1.42. The van der Waals surface area contributed by atoms with Gasteiger partial charge in [-0.05, 0) is 12.1 Å². The molecule has 64 valence electrons. The van der Waals surface area contributed by atoms with E-state index in [1.165, 1.54) is 6.08 Å². The van der Waals surface area contributed by atoms with Crippen LogP contribution in [0, 0.1) is 0 Å². The van der Waals surface area contributed by atoms with Crippen molar-refractivity contribution in [1.29, 1.82) is 0 Å². The smallest absolute Gasteiger partial charge is 0.245 e. The molecule has 1 rings (SSSR count). The third-order valence-electron chi connectivity index (χ3n) is 1.55. The van der Waals surface area contributed by atoms with Gasteiger partial charge in [0.05, 0.1) is 12.5 Å². The van der Waals surface area contributed by atoms with E-state index in [0.29, 0.717) is 6.54 Å². The number of hydrogen-bond donors (Lipinski definition) is 0. The van der Waals surface area contributed by atoms with E-state index in [-0.39, 0.29) is 5.91 Å². The lowest BCUT2D eigenvalue weighted by molar-refractivity contribution is -0.125. The monoisotopic (exact) mass is 165 g/mol. The van der Waals surface area contributed by atoms with Crippen LogP contribution in [0.1, 0.15) is 5.56 Å². The fraction of sp³-hybridized carbons (Fsp3) is 0.222. The Balaban J connectivity index is 2.52. The van der Waals surface area contributed by atoms with Gasteiger partial charge < -0.3 is 9.32 Å². The molecule has 3 nitrogen and oxygen atoms in total. The van der Waals surface area contributed by atoms with Crippen LogP contribution in [0.3, 0.4) is 0 Å². The Morgan fingerprint density at radius 1 is 1.83 bits per heavy atom. The highest BCUT2D eigenvalue weighted by Crippen LogP contribution is 2.03. The van der Waals surface area contributed by atoms with Crippen molar-refractivity contribution in [3.63, 3.8) is 0 Å². The number of carbonyl (C=O) groups excluding carboxylic acids is 1. The van der Waals surface area contributed by atoms with E-state index in [1.807, 2.05) is 6.07 Å². The second kappa shape index (κ2) is 3.76. The zero-order valence-electron chi connectivity index (χ0n) is 6.99. The fourth-order valence-electron chi connectivity index (χ4n) is 0.890. The number of amides is 1. The quantitative estimate of drug-likeness (QED) is 0.635. The number of carbonyl (C=O) groups is 1. The van der Waals surface area contributed by atoms with Gasteiger partial charge in [0.25, 0.3) is 0 Å². The Bertz CT molecular complexity index is 264. The number of rotatable bonds is 3. The molecule has 12 heavy (non-hydrogen) atoms.